The Balaban J connectivity index is 1.65. The number of sulfone groups is 1. The molecule has 0 unspecified atom stereocenters. The Labute approximate surface area is 138 Å². The fourth-order valence-electron chi connectivity index (χ4n) is 3.74. The van der Waals surface area contributed by atoms with Crippen molar-refractivity contribution in [2.45, 2.75) is 38.2 Å². The van der Waals surface area contributed by atoms with Crippen molar-refractivity contribution in [1.29, 1.82) is 0 Å². The van der Waals surface area contributed by atoms with E-state index < -0.39 is 15.6 Å². The average Bonchev–Trinajstić information content (AvgIpc) is 3.29. The summed E-state index contributed by atoms with van der Waals surface area (Å²) in [5.41, 5.74) is -0.168. The molecule has 7 heteroatoms. The largest absolute Gasteiger partial charge is 0.380 e. The van der Waals surface area contributed by atoms with Crippen LogP contribution in [-0.2, 0) is 24.1 Å². The summed E-state index contributed by atoms with van der Waals surface area (Å²) >= 11 is 0. The van der Waals surface area contributed by atoms with Gasteiger partial charge in [0.2, 0.25) is 5.91 Å². The summed E-state index contributed by atoms with van der Waals surface area (Å²) in [5, 5.41) is 0. The first-order valence-corrected chi connectivity index (χ1v) is 10.6. The molecule has 2 aliphatic heterocycles. The van der Waals surface area contributed by atoms with Crippen molar-refractivity contribution in [3.05, 3.63) is 0 Å². The minimum absolute atomic E-state index is 0.123. The number of amides is 1. The summed E-state index contributed by atoms with van der Waals surface area (Å²) in [4.78, 5) is 14.0. The molecule has 0 N–H and O–H groups in total. The van der Waals surface area contributed by atoms with E-state index >= 15 is 0 Å². The number of ether oxygens (including phenoxy) is 2. The van der Waals surface area contributed by atoms with E-state index in [1.165, 1.54) is 12.8 Å². The lowest BCUT2D eigenvalue weighted by molar-refractivity contribution is -0.163. The van der Waals surface area contributed by atoms with Gasteiger partial charge in [0.25, 0.3) is 0 Å². The quantitative estimate of drug-likeness (QED) is 0.714. The van der Waals surface area contributed by atoms with Crippen LogP contribution in [0.15, 0.2) is 0 Å². The van der Waals surface area contributed by atoms with Gasteiger partial charge in [-0.05, 0) is 38.0 Å². The summed E-state index contributed by atoms with van der Waals surface area (Å²) in [6.07, 6.45) is 6.45. The van der Waals surface area contributed by atoms with Gasteiger partial charge in [0.1, 0.15) is 5.75 Å². The summed E-state index contributed by atoms with van der Waals surface area (Å²) < 4.78 is 34.7. The van der Waals surface area contributed by atoms with Gasteiger partial charge in [-0.1, -0.05) is 0 Å². The summed E-state index contributed by atoms with van der Waals surface area (Å²) in [6.45, 7) is 3.30. The average molecular weight is 345 g/mol. The van der Waals surface area contributed by atoms with Crippen LogP contribution in [0.2, 0.25) is 0 Å². The van der Waals surface area contributed by atoms with Crippen LogP contribution in [0.25, 0.3) is 0 Å². The molecule has 132 valence electrons. The van der Waals surface area contributed by atoms with E-state index in [4.69, 9.17) is 9.47 Å². The number of hydrogen-bond donors (Lipinski definition) is 0. The monoisotopic (exact) mass is 345 g/mol. The Kier molecular flexibility index (Phi) is 4.99. The summed E-state index contributed by atoms with van der Waals surface area (Å²) in [6, 6.07) is 0. The lowest BCUT2D eigenvalue weighted by atomic mass is 9.73. The first-order valence-electron chi connectivity index (χ1n) is 8.53. The van der Waals surface area contributed by atoms with Crippen LogP contribution in [0.3, 0.4) is 0 Å². The third kappa shape index (κ3) is 4.45. The van der Waals surface area contributed by atoms with E-state index in [1.807, 2.05) is 0 Å². The van der Waals surface area contributed by atoms with E-state index in [-0.39, 0.29) is 17.4 Å². The molecule has 1 aliphatic carbocycles. The summed E-state index contributed by atoms with van der Waals surface area (Å²) in [7, 11) is -3.30. The standard InChI is InChI=1S/C16H27NO5S/c1-23(19,20)10-15(18)17-7-5-14-16(11-17,6-2-8-22-14)12-21-9-13-3-4-13/h13-14H,2-12H2,1H3/t14-,16-/m1/s1. The number of likely N-dealkylation sites (tertiary alicyclic amines) is 1. The molecule has 0 aromatic rings. The number of carbonyl (C=O) groups is 1. The second kappa shape index (κ2) is 6.69. The zero-order valence-electron chi connectivity index (χ0n) is 13.8. The highest BCUT2D eigenvalue weighted by atomic mass is 32.2. The molecule has 3 aliphatic rings. The van der Waals surface area contributed by atoms with Crippen molar-refractivity contribution in [2.75, 3.05) is 44.9 Å². The molecule has 0 radical (unpaired) electrons. The van der Waals surface area contributed by atoms with Gasteiger partial charge in [-0.2, -0.15) is 0 Å². The zero-order chi connectivity index (χ0) is 16.5. The van der Waals surface area contributed by atoms with Gasteiger partial charge in [-0.3, -0.25) is 4.79 Å². The molecule has 1 amide bonds. The molecule has 3 rings (SSSR count). The lowest BCUT2D eigenvalue weighted by Crippen LogP contribution is -2.58. The lowest BCUT2D eigenvalue weighted by Gasteiger charge is -2.50. The maximum absolute atomic E-state index is 12.3. The van der Waals surface area contributed by atoms with Gasteiger partial charge in [0, 0.05) is 38.0 Å². The third-order valence-electron chi connectivity index (χ3n) is 5.17. The van der Waals surface area contributed by atoms with Crippen molar-refractivity contribution in [3.8, 4) is 0 Å². The topological polar surface area (TPSA) is 72.9 Å². The van der Waals surface area contributed by atoms with Gasteiger partial charge in [0.05, 0.1) is 12.7 Å². The first kappa shape index (κ1) is 17.2. The maximum atomic E-state index is 12.3. The highest BCUT2D eigenvalue weighted by Crippen LogP contribution is 2.41. The number of carbonyl (C=O) groups excluding carboxylic acids is 1. The van der Waals surface area contributed by atoms with E-state index in [1.54, 1.807) is 4.90 Å². The Morgan fingerprint density at radius 2 is 2.13 bits per heavy atom. The normalized spacial score (nSPS) is 31.7. The SMILES string of the molecule is CS(=O)(=O)CC(=O)N1CC[C@H]2OCCC[C@]2(COCC2CC2)C1. The fourth-order valence-corrected chi connectivity index (χ4v) is 4.37. The van der Waals surface area contributed by atoms with Crippen LogP contribution >= 0.6 is 0 Å². The minimum atomic E-state index is -3.30. The van der Waals surface area contributed by atoms with Crippen LogP contribution in [0, 0.1) is 11.3 Å². The van der Waals surface area contributed by atoms with Crippen molar-refractivity contribution < 1.29 is 22.7 Å². The molecule has 23 heavy (non-hydrogen) atoms. The molecule has 6 nitrogen and oxygen atoms in total. The zero-order valence-corrected chi connectivity index (χ0v) is 14.6. The smallest absolute Gasteiger partial charge is 0.237 e. The molecule has 0 spiro atoms. The molecule has 2 atom stereocenters. The van der Waals surface area contributed by atoms with E-state index in [0.29, 0.717) is 25.6 Å². The van der Waals surface area contributed by atoms with Gasteiger partial charge in [-0.15, -0.1) is 0 Å². The molecule has 3 fully saturated rings. The number of fused-ring (bicyclic) bond motifs is 1. The van der Waals surface area contributed by atoms with Crippen LogP contribution in [0.5, 0.6) is 0 Å². The van der Waals surface area contributed by atoms with E-state index in [0.717, 1.165) is 38.7 Å². The molecule has 0 aromatic carbocycles. The number of piperidine rings is 1. The van der Waals surface area contributed by atoms with Gasteiger partial charge < -0.3 is 14.4 Å². The van der Waals surface area contributed by atoms with Crippen molar-refractivity contribution in [2.24, 2.45) is 11.3 Å². The predicted octanol–water partition coefficient (Wildman–Crippen LogP) is 0.855. The molecular formula is C16H27NO5S. The van der Waals surface area contributed by atoms with E-state index in [9.17, 15) is 13.2 Å². The molecular weight excluding hydrogens is 318 g/mol. The van der Waals surface area contributed by atoms with Gasteiger partial charge in [0.15, 0.2) is 9.84 Å². The van der Waals surface area contributed by atoms with Gasteiger partial charge >= 0.3 is 0 Å². The second-order valence-electron chi connectivity index (χ2n) is 7.46. The van der Waals surface area contributed by atoms with Crippen molar-refractivity contribution >= 4 is 15.7 Å². The Hall–Kier alpha value is -0.660. The number of rotatable bonds is 6. The molecule has 2 saturated heterocycles. The number of nitrogens with zero attached hydrogens (tertiary/aromatic N) is 1. The predicted molar refractivity (Wildman–Crippen MR) is 85.9 cm³/mol. The first-order chi connectivity index (χ1) is 10.9. The molecule has 0 aromatic heterocycles. The molecule has 1 saturated carbocycles. The van der Waals surface area contributed by atoms with Crippen molar-refractivity contribution in [1.82, 2.24) is 4.90 Å². The molecule has 2 heterocycles. The Morgan fingerprint density at radius 1 is 1.35 bits per heavy atom. The van der Waals surface area contributed by atoms with E-state index in [2.05, 4.69) is 0 Å². The summed E-state index contributed by atoms with van der Waals surface area (Å²) in [5.74, 6) is 0.0105. The second-order valence-corrected chi connectivity index (χ2v) is 9.60. The highest BCUT2D eigenvalue weighted by molar-refractivity contribution is 7.91. The minimum Gasteiger partial charge on any atom is -0.380 e. The van der Waals surface area contributed by atoms with Crippen LogP contribution in [-0.4, -0.2) is 70.2 Å². The third-order valence-corrected chi connectivity index (χ3v) is 5.94. The van der Waals surface area contributed by atoms with Gasteiger partial charge in [-0.25, -0.2) is 8.42 Å². The fraction of sp³-hybridized carbons (Fsp3) is 0.938. The van der Waals surface area contributed by atoms with Crippen LogP contribution in [0.4, 0.5) is 0 Å². The van der Waals surface area contributed by atoms with Crippen molar-refractivity contribution in [3.63, 3.8) is 0 Å². The Bertz CT molecular complexity index is 545. The Morgan fingerprint density at radius 3 is 2.83 bits per heavy atom. The van der Waals surface area contributed by atoms with Crippen LogP contribution in [0.1, 0.15) is 32.1 Å². The van der Waals surface area contributed by atoms with Crippen LogP contribution < -0.4 is 0 Å². The maximum Gasteiger partial charge on any atom is 0.237 e. The number of hydrogen-bond acceptors (Lipinski definition) is 5. The highest BCUT2D eigenvalue weighted by Gasteiger charge is 2.47. The molecule has 0 bridgehead atoms.